The predicted octanol–water partition coefficient (Wildman–Crippen LogP) is 1.96. The van der Waals surface area contributed by atoms with E-state index in [9.17, 15) is 4.79 Å². The highest BCUT2D eigenvalue weighted by atomic mass is 32.2. The molecule has 0 radical (unpaired) electrons. The van der Waals surface area contributed by atoms with Crippen molar-refractivity contribution in [3.63, 3.8) is 0 Å². The predicted molar refractivity (Wildman–Crippen MR) is 84.8 cm³/mol. The number of thioether (sulfide) groups is 1. The molecule has 7 heteroatoms. The first-order valence-corrected chi connectivity index (χ1v) is 8.80. The van der Waals surface area contributed by atoms with Crippen molar-refractivity contribution in [3.05, 3.63) is 11.3 Å². The summed E-state index contributed by atoms with van der Waals surface area (Å²) in [5, 5.41) is 12.5. The van der Waals surface area contributed by atoms with Gasteiger partial charge in [-0.25, -0.2) is 9.97 Å². The fourth-order valence-electron chi connectivity index (χ4n) is 3.12. The number of aromatic nitrogens is 2. The Bertz CT molecular complexity index is 627. The highest BCUT2D eigenvalue weighted by Gasteiger charge is 2.30. The quantitative estimate of drug-likeness (QED) is 0.678. The minimum absolute atomic E-state index is 0.0845. The van der Waals surface area contributed by atoms with Crippen LogP contribution in [0.1, 0.15) is 41.7 Å². The number of carbonyl (C=O) groups is 1. The molecular formula is C15H19N5OS. The van der Waals surface area contributed by atoms with Gasteiger partial charge in [-0.15, -0.1) is 0 Å². The fraction of sp³-hybridized carbons (Fsp3) is 0.600. The number of nitrogens with zero attached hydrogens (tertiary/aromatic N) is 4. The summed E-state index contributed by atoms with van der Waals surface area (Å²) in [5.41, 5.74) is 1.41. The van der Waals surface area contributed by atoms with Gasteiger partial charge in [0.2, 0.25) is 0 Å². The molecule has 1 aromatic heterocycles. The van der Waals surface area contributed by atoms with E-state index in [-0.39, 0.29) is 5.91 Å². The maximum absolute atomic E-state index is 12.1. The maximum atomic E-state index is 12.1. The molecule has 2 aliphatic heterocycles. The second-order valence-electron chi connectivity index (χ2n) is 5.71. The average molecular weight is 317 g/mol. The van der Waals surface area contributed by atoms with Gasteiger partial charge in [0.15, 0.2) is 5.16 Å². The summed E-state index contributed by atoms with van der Waals surface area (Å²) < 4.78 is 0. The van der Waals surface area contributed by atoms with Crippen LogP contribution in [0.15, 0.2) is 5.16 Å². The van der Waals surface area contributed by atoms with E-state index in [4.69, 9.17) is 5.26 Å². The number of carbonyl (C=O) groups excluding carboxylic acids is 1. The van der Waals surface area contributed by atoms with Crippen LogP contribution in [-0.2, 0) is 6.54 Å². The summed E-state index contributed by atoms with van der Waals surface area (Å²) in [6, 6.07) is 2.28. The number of anilines is 1. The topological polar surface area (TPSA) is 81.9 Å². The van der Waals surface area contributed by atoms with Gasteiger partial charge in [-0.2, -0.15) is 5.26 Å². The zero-order valence-corrected chi connectivity index (χ0v) is 13.4. The van der Waals surface area contributed by atoms with E-state index in [0.29, 0.717) is 29.6 Å². The highest BCUT2D eigenvalue weighted by Crippen LogP contribution is 2.30. The van der Waals surface area contributed by atoms with Gasteiger partial charge < -0.3 is 10.2 Å². The lowest BCUT2D eigenvalue weighted by molar-refractivity contribution is 0.0966. The Morgan fingerprint density at radius 3 is 3.09 bits per heavy atom. The number of hydrogen-bond acceptors (Lipinski definition) is 6. The lowest BCUT2D eigenvalue weighted by atomic mass is 10.0. The van der Waals surface area contributed by atoms with Crippen LogP contribution >= 0.6 is 11.8 Å². The average Bonchev–Trinajstić information content (AvgIpc) is 2.75. The molecule has 0 aliphatic carbocycles. The number of fused-ring (bicyclic) bond motifs is 1. The lowest BCUT2D eigenvalue weighted by Gasteiger charge is -2.26. The molecule has 2 aliphatic rings. The molecule has 22 heavy (non-hydrogen) atoms. The van der Waals surface area contributed by atoms with Crippen LogP contribution in [0.2, 0.25) is 0 Å². The van der Waals surface area contributed by atoms with Crippen molar-refractivity contribution < 1.29 is 4.79 Å². The third-order valence-corrected chi connectivity index (χ3v) is 4.77. The molecule has 0 spiro atoms. The molecule has 1 N–H and O–H groups in total. The van der Waals surface area contributed by atoms with E-state index in [2.05, 4.69) is 26.3 Å². The van der Waals surface area contributed by atoms with Crippen LogP contribution in [0, 0.1) is 17.2 Å². The second kappa shape index (κ2) is 6.53. The van der Waals surface area contributed by atoms with Crippen LogP contribution in [-0.4, -0.2) is 35.2 Å². The van der Waals surface area contributed by atoms with Gasteiger partial charge in [0.1, 0.15) is 11.4 Å². The number of rotatable bonds is 3. The van der Waals surface area contributed by atoms with Crippen molar-refractivity contribution in [1.29, 1.82) is 5.26 Å². The third kappa shape index (κ3) is 2.88. The highest BCUT2D eigenvalue weighted by molar-refractivity contribution is 7.98. The van der Waals surface area contributed by atoms with Crippen molar-refractivity contribution in [3.8, 4) is 6.07 Å². The summed E-state index contributed by atoms with van der Waals surface area (Å²) in [4.78, 5) is 23.4. The van der Waals surface area contributed by atoms with E-state index >= 15 is 0 Å². The first-order chi connectivity index (χ1) is 10.7. The standard InChI is InChI=1S/C15H19N5OS/c1-22-15-18-11-8-17-14(21)12(11)13(19-15)20-7-3-2-4-10(9-20)5-6-16/h10H,2-5,7-9H2,1H3,(H,17,21). The summed E-state index contributed by atoms with van der Waals surface area (Å²) >= 11 is 1.49. The summed E-state index contributed by atoms with van der Waals surface area (Å²) in [7, 11) is 0. The number of amides is 1. The van der Waals surface area contributed by atoms with Gasteiger partial charge >= 0.3 is 0 Å². The van der Waals surface area contributed by atoms with Crippen LogP contribution in [0.5, 0.6) is 0 Å². The van der Waals surface area contributed by atoms with Crippen molar-refractivity contribution >= 4 is 23.5 Å². The monoisotopic (exact) mass is 317 g/mol. The molecule has 1 fully saturated rings. The van der Waals surface area contributed by atoms with Crippen molar-refractivity contribution in [2.75, 3.05) is 24.2 Å². The Balaban J connectivity index is 1.97. The largest absolute Gasteiger partial charge is 0.355 e. The minimum Gasteiger partial charge on any atom is -0.355 e. The zero-order chi connectivity index (χ0) is 15.5. The lowest BCUT2D eigenvalue weighted by Crippen LogP contribution is -2.31. The van der Waals surface area contributed by atoms with Gasteiger partial charge in [-0.3, -0.25) is 4.79 Å². The molecule has 3 heterocycles. The van der Waals surface area contributed by atoms with Gasteiger partial charge in [-0.1, -0.05) is 18.2 Å². The molecule has 1 atom stereocenters. The molecule has 6 nitrogen and oxygen atoms in total. The SMILES string of the molecule is CSc1nc2c(c(N3CCCCC(CC#N)C3)n1)C(=O)NC2. The first kappa shape index (κ1) is 15.1. The Labute approximate surface area is 134 Å². The molecule has 1 unspecified atom stereocenters. The normalized spacial score (nSPS) is 21.0. The van der Waals surface area contributed by atoms with Gasteiger partial charge in [0.25, 0.3) is 5.91 Å². The number of hydrogen-bond donors (Lipinski definition) is 1. The number of nitrogens with one attached hydrogen (secondary N) is 1. The summed E-state index contributed by atoms with van der Waals surface area (Å²) in [6.45, 7) is 2.15. The smallest absolute Gasteiger partial charge is 0.257 e. The molecule has 3 rings (SSSR count). The van der Waals surface area contributed by atoms with Gasteiger partial charge in [0.05, 0.1) is 18.3 Å². The Morgan fingerprint density at radius 1 is 1.45 bits per heavy atom. The molecule has 1 aromatic rings. The van der Waals surface area contributed by atoms with E-state index in [0.717, 1.165) is 43.9 Å². The summed E-state index contributed by atoms with van der Waals surface area (Å²) in [5.74, 6) is 1.01. The molecule has 0 aromatic carbocycles. The summed E-state index contributed by atoms with van der Waals surface area (Å²) in [6.07, 6.45) is 5.76. The second-order valence-corrected chi connectivity index (χ2v) is 6.48. The van der Waals surface area contributed by atoms with E-state index in [1.54, 1.807) is 0 Å². The van der Waals surface area contributed by atoms with Crippen molar-refractivity contribution in [2.24, 2.45) is 5.92 Å². The van der Waals surface area contributed by atoms with E-state index in [1.165, 1.54) is 11.8 Å². The Hall–Kier alpha value is -1.81. The van der Waals surface area contributed by atoms with Crippen LogP contribution in [0.3, 0.4) is 0 Å². The molecule has 1 saturated heterocycles. The fourth-order valence-corrected chi connectivity index (χ4v) is 3.50. The zero-order valence-electron chi connectivity index (χ0n) is 12.6. The Morgan fingerprint density at radius 2 is 2.32 bits per heavy atom. The van der Waals surface area contributed by atoms with Crippen LogP contribution < -0.4 is 10.2 Å². The minimum atomic E-state index is -0.0845. The maximum Gasteiger partial charge on any atom is 0.257 e. The van der Waals surface area contributed by atoms with E-state index < -0.39 is 0 Å². The molecule has 0 saturated carbocycles. The Kier molecular flexibility index (Phi) is 4.48. The van der Waals surface area contributed by atoms with Crippen LogP contribution in [0.4, 0.5) is 5.82 Å². The van der Waals surface area contributed by atoms with Gasteiger partial charge in [0, 0.05) is 19.5 Å². The first-order valence-electron chi connectivity index (χ1n) is 7.58. The molecule has 116 valence electrons. The number of nitriles is 1. The van der Waals surface area contributed by atoms with Crippen LogP contribution in [0.25, 0.3) is 0 Å². The van der Waals surface area contributed by atoms with Gasteiger partial charge in [-0.05, 0) is 25.0 Å². The molecule has 1 amide bonds. The third-order valence-electron chi connectivity index (χ3n) is 4.22. The van der Waals surface area contributed by atoms with Crippen molar-refractivity contribution in [1.82, 2.24) is 15.3 Å². The van der Waals surface area contributed by atoms with E-state index in [1.807, 2.05) is 6.26 Å². The molecular weight excluding hydrogens is 298 g/mol. The van der Waals surface area contributed by atoms with Crippen molar-refractivity contribution in [2.45, 2.75) is 37.4 Å². The molecule has 0 bridgehead atoms.